The van der Waals surface area contributed by atoms with Crippen LogP contribution >= 0.6 is 21.6 Å². The van der Waals surface area contributed by atoms with Crippen LogP contribution in [0.25, 0.3) is 0 Å². The van der Waals surface area contributed by atoms with Crippen molar-refractivity contribution in [3.05, 3.63) is 0 Å². The first-order valence-corrected chi connectivity index (χ1v) is 19.4. The predicted molar refractivity (Wildman–Crippen MR) is 167 cm³/mol. The van der Waals surface area contributed by atoms with E-state index in [1.54, 1.807) is 0 Å². The lowest BCUT2D eigenvalue weighted by Gasteiger charge is -2.42. The number of ether oxygens (including phenoxy) is 2. The molecular formula is C31H43F17O4S2. The van der Waals surface area contributed by atoms with E-state index in [1.165, 1.54) is 51.4 Å². The normalized spacial score (nSPS) is 14.0. The number of hydrogen-bond donors (Lipinski definition) is 0. The fraction of sp³-hybridized carbons (Fsp3) is 0.935. The van der Waals surface area contributed by atoms with Gasteiger partial charge in [-0.2, -0.15) is 74.6 Å². The van der Waals surface area contributed by atoms with Gasteiger partial charge in [0.05, 0.1) is 6.42 Å². The van der Waals surface area contributed by atoms with Gasteiger partial charge in [0.25, 0.3) is 0 Å². The molecule has 322 valence electrons. The lowest BCUT2D eigenvalue weighted by Crippen LogP contribution is -2.74. The van der Waals surface area contributed by atoms with Gasteiger partial charge in [-0.3, -0.25) is 9.59 Å². The molecule has 0 spiro atoms. The molecule has 0 saturated carbocycles. The first-order valence-electron chi connectivity index (χ1n) is 16.9. The van der Waals surface area contributed by atoms with Crippen molar-refractivity contribution in [2.24, 2.45) is 0 Å². The molecule has 23 heteroatoms. The van der Waals surface area contributed by atoms with Crippen molar-refractivity contribution < 1.29 is 93.7 Å². The molecule has 0 N–H and O–H groups in total. The SMILES string of the molecule is CCCCCCCCCCCCCCCC(=O)OCCSSCCOC(=O)CCC(F)(F)C(F)(F)C(F)(F)C(F)(F)C(F)(F)C(F)(F)C(F)(F)C(F)(F)F. The third-order valence-corrected chi connectivity index (χ3v) is 10.2. The van der Waals surface area contributed by atoms with Gasteiger partial charge in [0.1, 0.15) is 13.2 Å². The summed E-state index contributed by atoms with van der Waals surface area (Å²) in [6.45, 7) is 1.53. The van der Waals surface area contributed by atoms with Crippen LogP contribution in [0.5, 0.6) is 0 Å². The maximum Gasteiger partial charge on any atom is 0.460 e. The topological polar surface area (TPSA) is 52.6 Å². The standard InChI is InChI=1S/C31H43F17O4S2/c1-2-3-4-5-6-7-8-9-10-11-12-13-14-15-22(49)51-18-20-53-54-21-19-52-23(50)16-17-24(32,33)25(34,35)26(36,37)27(38,39)28(40,41)29(42,43)30(44,45)31(46,47)48/h2-21H2,1H3. The van der Waals surface area contributed by atoms with Gasteiger partial charge in [-0.1, -0.05) is 106 Å². The predicted octanol–water partition coefficient (Wildman–Crippen LogP) is 12.7. The van der Waals surface area contributed by atoms with E-state index in [-0.39, 0.29) is 24.5 Å². The number of carbonyl (C=O) groups is 2. The van der Waals surface area contributed by atoms with Crippen molar-refractivity contribution in [2.45, 2.75) is 157 Å². The molecule has 0 radical (unpaired) electrons. The molecule has 0 unspecified atom stereocenters. The largest absolute Gasteiger partial charge is 0.465 e. The van der Waals surface area contributed by atoms with E-state index < -0.39 is 79.0 Å². The minimum Gasteiger partial charge on any atom is -0.465 e. The highest BCUT2D eigenvalue weighted by Crippen LogP contribution is 2.64. The molecule has 0 aliphatic heterocycles. The minimum absolute atomic E-state index is 0.00393. The van der Waals surface area contributed by atoms with Crippen molar-refractivity contribution in [3.63, 3.8) is 0 Å². The van der Waals surface area contributed by atoms with E-state index in [0.29, 0.717) is 6.42 Å². The fourth-order valence-electron chi connectivity index (χ4n) is 4.54. The van der Waals surface area contributed by atoms with E-state index >= 15 is 0 Å². The van der Waals surface area contributed by atoms with Crippen LogP contribution in [0, 0.1) is 0 Å². The van der Waals surface area contributed by atoms with Crippen LogP contribution in [0.4, 0.5) is 74.6 Å². The third-order valence-electron chi connectivity index (χ3n) is 7.86. The highest BCUT2D eigenvalue weighted by Gasteiger charge is 2.95. The molecule has 0 rings (SSSR count). The lowest BCUT2D eigenvalue weighted by atomic mass is 9.88. The highest BCUT2D eigenvalue weighted by molar-refractivity contribution is 8.76. The second-order valence-corrected chi connectivity index (χ2v) is 14.9. The Kier molecular flexibility index (Phi) is 21.8. The molecule has 0 amide bonds. The van der Waals surface area contributed by atoms with Crippen LogP contribution in [0.3, 0.4) is 0 Å². The quantitative estimate of drug-likeness (QED) is 0.0310. The summed E-state index contributed by atoms with van der Waals surface area (Å²) < 4.78 is 236. The molecule has 0 aliphatic rings. The first-order chi connectivity index (χ1) is 24.6. The van der Waals surface area contributed by atoms with Crippen LogP contribution in [-0.2, 0) is 19.1 Å². The Labute approximate surface area is 309 Å². The van der Waals surface area contributed by atoms with Gasteiger partial charge >= 0.3 is 59.6 Å². The number of esters is 2. The summed E-state index contributed by atoms with van der Waals surface area (Å²) >= 11 is 0. The van der Waals surface area contributed by atoms with Crippen LogP contribution in [0.15, 0.2) is 0 Å². The number of carbonyl (C=O) groups excluding carboxylic acids is 2. The zero-order valence-electron chi connectivity index (χ0n) is 29.0. The van der Waals surface area contributed by atoms with Gasteiger partial charge in [0, 0.05) is 24.3 Å². The zero-order chi connectivity index (χ0) is 42.1. The molecule has 0 saturated heterocycles. The molecule has 54 heavy (non-hydrogen) atoms. The van der Waals surface area contributed by atoms with Crippen LogP contribution in [-0.4, -0.2) is 84.3 Å². The lowest BCUT2D eigenvalue weighted by molar-refractivity contribution is -0.461. The van der Waals surface area contributed by atoms with Gasteiger partial charge in [0.2, 0.25) is 0 Å². The summed E-state index contributed by atoms with van der Waals surface area (Å²) in [7, 11) is 2.04. The van der Waals surface area contributed by atoms with Gasteiger partial charge < -0.3 is 9.47 Å². The van der Waals surface area contributed by atoms with Crippen molar-refractivity contribution >= 4 is 33.5 Å². The molecular weight excluding hydrogens is 823 g/mol. The number of alkyl halides is 17. The second kappa shape index (κ2) is 22.4. The maximum atomic E-state index is 13.9. The molecule has 0 bridgehead atoms. The number of hydrogen-bond acceptors (Lipinski definition) is 6. The van der Waals surface area contributed by atoms with Crippen LogP contribution in [0.1, 0.15) is 110 Å². The molecule has 0 fully saturated rings. The number of rotatable bonds is 30. The molecule has 0 aromatic heterocycles. The van der Waals surface area contributed by atoms with Gasteiger partial charge in [-0.25, -0.2) is 0 Å². The smallest absolute Gasteiger partial charge is 0.460 e. The summed E-state index contributed by atoms with van der Waals surface area (Å²) in [4.78, 5) is 23.4. The van der Waals surface area contributed by atoms with E-state index in [1.807, 2.05) is 0 Å². The molecule has 0 heterocycles. The molecule has 0 aliphatic carbocycles. The van der Waals surface area contributed by atoms with E-state index in [9.17, 15) is 84.2 Å². The summed E-state index contributed by atoms with van der Waals surface area (Å²) in [5.74, 6) is -59.2. The first kappa shape index (κ1) is 52.5. The third kappa shape index (κ3) is 14.1. The van der Waals surface area contributed by atoms with Crippen molar-refractivity contribution in [1.82, 2.24) is 0 Å². The fourth-order valence-corrected chi connectivity index (χ4v) is 6.19. The second-order valence-electron chi connectivity index (χ2n) is 12.2. The van der Waals surface area contributed by atoms with Gasteiger partial charge in [0.15, 0.2) is 0 Å². The Morgan fingerprint density at radius 2 is 0.741 bits per heavy atom. The van der Waals surface area contributed by atoms with E-state index in [2.05, 4.69) is 11.7 Å². The maximum absolute atomic E-state index is 13.9. The molecule has 0 aromatic carbocycles. The Morgan fingerprint density at radius 1 is 0.426 bits per heavy atom. The van der Waals surface area contributed by atoms with E-state index in [0.717, 1.165) is 47.3 Å². The minimum atomic E-state index is -8.70. The van der Waals surface area contributed by atoms with Crippen LogP contribution < -0.4 is 0 Å². The molecule has 0 aromatic rings. The van der Waals surface area contributed by atoms with Gasteiger partial charge in [-0.05, 0) is 6.42 Å². The Bertz CT molecular complexity index is 1110. The summed E-state index contributed by atoms with van der Waals surface area (Å²) in [5.41, 5.74) is 0. The van der Waals surface area contributed by atoms with Crippen LogP contribution in [0.2, 0.25) is 0 Å². The number of unbranched alkanes of at least 4 members (excludes halogenated alkanes) is 12. The highest BCUT2D eigenvalue weighted by atomic mass is 33.1. The Morgan fingerprint density at radius 3 is 1.11 bits per heavy atom. The average Bonchev–Trinajstić information content (AvgIpc) is 3.06. The number of halogens is 17. The average molecular weight is 867 g/mol. The van der Waals surface area contributed by atoms with Crippen molar-refractivity contribution in [2.75, 3.05) is 24.7 Å². The summed E-state index contributed by atoms with van der Waals surface area (Å²) in [6.07, 6.45) is 2.27. The summed E-state index contributed by atoms with van der Waals surface area (Å²) in [6, 6.07) is 0. The van der Waals surface area contributed by atoms with E-state index in [4.69, 9.17) is 4.74 Å². The zero-order valence-corrected chi connectivity index (χ0v) is 30.7. The molecule has 4 nitrogen and oxygen atoms in total. The Balaban J connectivity index is 4.51. The monoisotopic (exact) mass is 866 g/mol. The van der Waals surface area contributed by atoms with Gasteiger partial charge in [-0.15, -0.1) is 0 Å². The van der Waals surface area contributed by atoms with Crippen molar-refractivity contribution in [3.8, 4) is 0 Å². The molecule has 0 atom stereocenters. The summed E-state index contributed by atoms with van der Waals surface area (Å²) in [5, 5.41) is 0. The Hall–Kier alpha value is -1.55. The van der Waals surface area contributed by atoms with Crippen molar-refractivity contribution in [1.29, 1.82) is 0 Å².